The van der Waals surface area contributed by atoms with Gasteiger partial charge >= 0.3 is 0 Å². The van der Waals surface area contributed by atoms with Crippen LogP contribution in [0.1, 0.15) is 83.9 Å². The van der Waals surface area contributed by atoms with Crippen LogP contribution < -0.4 is 4.90 Å². The van der Waals surface area contributed by atoms with Crippen molar-refractivity contribution in [3.63, 3.8) is 0 Å². The summed E-state index contributed by atoms with van der Waals surface area (Å²) in [6.45, 7) is 0. The molecule has 8 aliphatic carbocycles. The third kappa shape index (κ3) is 3.64. The van der Waals surface area contributed by atoms with Crippen molar-refractivity contribution in [2.24, 2.45) is 16.2 Å². The number of rotatable bonds is 6. The summed E-state index contributed by atoms with van der Waals surface area (Å²) in [6.07, 6.45) is 26.1. The first-order chi connectivity index (χ1) is 26.1. The summed E-state index contributed by atoms with van der Waals surface area (Å²) in [5.74, 6) is 0. The van der Waals surface area contributed by atoms with Crippen molar-refractivity contribution in [3.05, 3.63) is 191 Å². The molecule has 0 bridgehead atoms. The van der Waals surface area contributed by atoms with Gasteiger partial charge in [-0.2, -0.15) is 0 Å². The van der Waals surface area contributed by atoms with Crippen LogP contribution in [0.4, 0.5) is 17.1 Å². The largest absolute Gasteiger partial charge is 0.311 e. The van der Waals surface area contributed by atoms with E-state index >= 15 is 0 Å². The first kappa shape index (κ1) is 29.1. The first-order valence-corrected chi connectivity index (χ1v) is 19.9. The molecule has 0 amide bonds. The predicted octanol–water partition coefficient (Wildman–Crippen LogP) is 13.0. The van der Waals surface area contributed by atoms with E-state index in [1.165, 1.54) is 112 Å². The van der Waals surface area contributed by atoms with E-state index in [1.54, 1.807) is 5.57 Å². The van der Waals surface area contributed by atoms with E-state index < -0.39 is 0 Å². The maximum atomic E-state index is 2.65. The number of anilines is 3. The molecule has 2 atom stereocenters. The van der Waals surface area contributed by atoms with Crippen LogP contribution in [-0.2, 0) is 10.8 Å². The monoisotopic (exact) mass is 679 g/mol. The molecule has 4 saturated carbocycles. The van der Waals surface area contributed by atoms with Crippen LogP contribution >= 0.6 is 0 Å². The van der Waals surface area contributed by atoms with Crippen molar-refractivity contribution in [1.82, 2.24) is 0 Å². The van der Waals surface area contributed by atoms with Gasteiger partial charge < -0.3 is 4.90 Å². The standard InChI is InChI=1S/C52H41N/c1-3-9-43-38(7-1)31-45(49(43)25-26-49)35-11-17-40(18-12-35)53(41-19-13-36(14-20-41)46-32-39-8-2-4-10-44(39)50(46)27-28-50)42-21-15-37(16-22-42)47-33-48-23-5-6-24-52(48,34-48)51(47)29-30-51/h1-24,31-33H,25-30,34H2. The van der Waals surface area contributed by atoms with Crippen LogP contribution in [0.3, 0.4) is 0 Å². The van der Waals surface area contributed by atoms with E-state index in [0.29, 0.717) is 10.8 Å². The highest BCUT2D eigenvalue weighted by molar-refractivity contribution is 5.98. The van der Waals surface area contributed by atoms with Gasteiger partial charge in [-0.3, -0.25) is 0 Å². The van der Waals surface area contributed by atoms with Crippen LogP contribution in [0.2, 0.25) is 0 Å². The van der Waals surface area contributed by atoms with Gasteiger partial charge in [0.2, 0.25) is 0 Å². The third-order valence-electron chi connectivity index (χ3n) is 15.1. The highest BCUT2D eigenvalue weighted by atomic mass is 15.1. The fourth-order valence-corrected chi connectivity index (χ4v) is 12.0. The van der Waals surface area contributed by atoms with E-state index in [1.807, 2.05) is 0 Å². The lowest BCUT2D eigenvalue weighted by molar-refractivity contribution is 0.420. The Labute approximate surface area is 312 Å². The van der Waals surface area contributed by atoms with Crippen LogP contribution in [0.25, 0.3) is 28.9 Å². The molecular formula is C52H41N. The second kappa shape index (κ2) is 9.57. The normalized spacial score (nSPS) is 26.8. The number of hydrogen-bond donors (Lipinski definition) is 0. The Kier molecular flexibility index (Phi) is 5.26. The van der Waals surface area contributed by atoms with Crippen LogP contribution in [0.15, 0.2) is 152 Å². The minimum atomic E-state index is 0.216. The predicted molar refractivity (Wildman–Crippen MR) is 219 cm³/mol. The highest BCUT2D eigenvalue weighted by Crippen LogP contribution is 2.89. The second-order valence-electron chi connectivity index (χ2n) is 17.5. The second-order valence-corrected chi connectivity index (χ2v) is 17.5. The molecule has 2 unspecified atom stereocenters. The van der Waals surface area contributed by atoms with Crippen molar-refractivity contribution < 1.29 is 0 Å². The number of hydrogen-bond acceptors (Lipinski definition) is 1. The van der Waals surface area contributed by atoms with E-state index in [9.17, 15) is 0 Å². The van der Waals surface area contributed by atoms with Crippen LogP contribution in [0, 0.1) is 16.2 Å². The van der Waals surface area contributed by atoms with Gasteiger partial charge in [0.15, 0.2) is 0 Å². The zero-order valence-corrected chi connectivity index (χ0v) is 30.0. The molecule has 8 aliphatic rings. The summed E-state index contributed by atoms with van der Waals surface area (Å²) in [6, 6.07) is 46.4. The molecule has 13 rings (SSSR count). The van der Waals surface area contributed by atoms with Crippen molar-refractivity contribution in [2.75, 3.05) is 4.90 Å². The highest BCUT2D eigenvalue weighted by Gasteiger charge is 2.81. The van der Waals surface area contributed by atoms with Gasteiger partial charge in [-0.1, -0.05) is 115 Å². The molecule has 53 heavy (non-hydrogen) atoms. The van der Waals surface area contributed by atoms with E-state index in [2.05, 4.69) is 169 Å². The number of benzene rings is 5. The van der Waals surface area contributed by atoms with Crippen molar-refractivity contribution >= 4 is 45.9 Å². The maximum Gasteiger partial charge on any atom is 0.0462 e. The summed E-state index contributed by atoms with van der Waals surface area (Å²) in [4.78, 5) is 2.46. The summed E-state index contributed by atoms with van der Waals surface area (Å²) >= 11 is 0. The molecule has 0 aromatic heterocycles. The Morgan fingerprint density at radius 3 is 1.36 bits per heavy atom. The number of allylic oxidation sites excluding steroid dienone is 8. The molecule has 4 fully saturated rings. The molecule has 0 heterocycles. The number of fused-ring (bicyclic) bond motifs is 4. The van der Waals surface area contributed by atoms with Gasteiger partial charge in [-0.25, -0.2) is 0 Å². The van der Waals surface area contributed by atoms with Crippen molar-refractivity contribution in [2.45, 2.75) is 55.8 Å². The Morgan fingerprint density at radius 2 is 0.887 bits per heavy atom. The Balaban J connectivity index is 0.875. The summed E-state index contributed by atoms with van der Waals surface area (Å²) < 4.78 is 0. The SMILES string of the molecule is C1=CC23C=C(c4ccc(N(c5ccc(C6=Cc7ccccc7C67CC7)cc5)c5ccc(C6=Cc7ccccc7C67CC7)cc5)cc4)C4(CC4)C2(C=C1)C3. The van der Waals surface area contributed by atoms with E-state index in [4.69, 9.17) is 0 Å². The Bertz CT molecular complexity index is 2460. The number of nitrogens with zero attached hydrogens (tertiary/aromatic N) is 1. The average molecular weight is 680 g/mol. The smallest absolute Gasteiger partial charge is 0.0462 e. The van der Waals surface area contributed by atoms with Crippen LogP contribution in [-0.4, -0.2) is 0 Å². The third-order valence-corrected chi connectivity index (χ3v) is 15.1. The van der Waals surface area contributed by atoms with Gasteiger partial charge in [0.05, 0.1) is 0 Å². The van der Waals surface area contributed by atoms with Gasteiger partial charge in [0.1, 0.15) is 0 Å². The van der Waals surface area contributed by atoms with E-state index in [-0.39, 0.29) is 16.2 Å². The Hall–Kier alpha value is -5.40. The minimum Gasteiger partial charge on any atom is -0.311 e. The molecule has 1 nitrogen and oxygen atoms in total. The van der Waals surface area contributed by atoms with E-state index in [0.717, 1.165) is 0 Å². The molecule has 0 N–H and O–H groups in total. The van der Waals surface area contributed by atoms with Gasteiger partial charge in [0, 0.05) is 44.1 Å². The van der Waals surface area contributed by atoms with Crippen molar-refractivity contribution in [1.29, 1.82) is 0 Å². The van der Waals surface area contributed by atoms with Crippen molar-refractivity contribution in [3.8, 4) is 0 Å². The molecule has 5 aromatic rings. The zero-order valence-electron chi connectivity index (χ0n) is 30.0. The molecule has 0 saturated heterocycles. The lowest BCUT2D eigenvalue weighted by Gasteiger charge is -2.28. The summed E-state index contributed by atoms with van der Waals surface area (Å²) in [5.41, 5.74) is 19.4. The van der Waals surface area contributed by atoms with Gasteiger partial charge in [-0.05, 0) is 149 Å². The fraction of sp³-hybridized carbons (Fsp3) is 0.231. The lowest BCUT2D eigenvalue weighted by atomic mass is 9.77. The summed E-state index contributed by atoms with van der Waals surface area (Å²) in [5, 5.41) is 0. The molecular weight excluding hydrogens is 639 g/mol. The average Bonchev–Trinajstić information content (AvgIpc) is 4.05. The van der Waals surface area contributed by atoms with Gasteiger partial charge in [0.25, 0.3) is 0 Å². The fourth-order valence-electron chi connectivity index (χ4n) is 12.0. The Morgan fingerprint density at radius 1 is 0.434 bits per heavy atom. The quantitative estimate of drug-likeness (QED) is 0.173. The first-order valence-electron chi connectivity index (χ1n) is 19.9. The topological polar surface area (TPSA) is 3.24 Å². The molecule has 0 aliphatic heterocycles. The van der Waals surface area contributed by atoms with Gasteiger partial charge in [-0.15, -0.1) is 0 Å². The minimum absolute atomic E-state index is 0.216. The zero-order chi connectivity index (χ0) is 34.6. The molecule has 1 heteroatoms. The molecule has 3 spiro atoms. The molecule has 5 aromatic carbocycles. The molecule has 254 valence electrons. The van der Waals surface area contributed by atoms with Crippen LogP contribution in [0.5, 0.6) is 0 Å². The molecule has 0 radical (unpaired) electrons. The maximum absolute atomic E-state index is 2.65. The summed E-state index contributed by atoms with van der Waals surface area (Å²) in [7, 11) is 0. The lowest BCUT2D eigenvalue weighted by Crippen LogP contribution is -2.18.